The van der Waals surface area contributed by atoms with E-state index >= 15 is 0 Å². The lowest BCUT2D eigenvalue weighted by Gasteiger charge is -2.33. The van der Waals surface area contributed by atoms with Crippen molar-refractivity contribution >= 4 is 11.6 Å². The molecule has 0 aromatic heterocycles. The Balaban J connectivity index is 1.74. The van der Waals surface area contributed by atoms with Gasteiger partial charge in [-0.05, 0) is 56.9 Å². The average Bonchev–Trinajstić information content (AvgIpc) is 2.85. The summed E-state index contributed by atoms with van der Waals surface area (Å²) < 4.78 is 0. The highest BCUT2D eigenvalue weighted by molar-refractivity contribution is 5.97. The topological polar surface area (TPSA) is 32.3 Å². The largest absolute Gasteiger partial charge is 0.362 e. The van der Waals surface area contributed by atoms with Crippen molar-refractivity contribution in [3.8, 4) is 0 Å². The number of carbonyl (C=O) groups is 1. The summed E-state index contributed by atoms with van der Waals surface area (Å²) in [4.78, 5) is 14.8. The molecule has 3 rings (SSSR count). The number of carbonyl (C=O) groups excluding carboxylic acids is 1. The fourth-order valence-electron chi connectivity index (χ4n) is 3.38. The minimum Gasteiger partial charge on any atom is -0.362 e. The SMILES string of the molecule is CC1=C(C)[C@H](Nc2ccccc2)N([C@@H](C)CCc2ccccc2)C1=O. The first kappa shape index (κ1) is 17.3. The van der Waals surface area contributed by atoms with Gasteiger partial charge in [0.15, 0.2) is 0 Å². The molecule has 0 unspecified atom stereocenters. The van der Waals surface area contributed by atoms with Gasteiger partial charge in [0.2, 0.25) is 0 Å². The minimum absolute atomic E-state index is 0.0688. The van der Waals surface area contributed by atoms with E-state index in [2.05, 4.69) is 43.4 Å². The molecule has 0 fully saturated rings. The molecule has 0 saturated carbocycles. The van der Waals surface area contributed by atoms with E-state index in [4.69, 9.17) is 0 Å². The normalized spacial score (nSPS) is 18.6. The number of rotatable bonds is 6. The van der Waals surface area contributed by atoms with E-state index in [1.165, 1.54) is 5.56 Å². The lowest BCUT2D eigenvalue weighted by Crippen LogP contribution is -2.46. The molecule has 0 aliphatic carbocycles. The number of hydrogen-bond donors (Lipinski definition) is 1. The first-order valence-electron chi connectivity index (χ1n) is 8.93. The van der Waals surface area contributed by atoms with Crippen LogP contribution in [0.2, 0.25) is 0 Å². The van der Waals surface area contributed by atoms with Crippen LogP contribution in [-0.4, -0.2) is 23.0 Å². The molecule has 2 atom stereocenters. The number of hydrogen-bond acceptors (Lipinski definition) is 2. The van der Waals surface area contributed by atoms with Crippen LogP contribution < -0.4 is 5.32 Å². The Morgan fingerprint density at radius 2 is 1.60 bits per heavy atom. The fourth-order valence-corrected chi connectivity index (χ4v) is 3.38. The van der Waals surface area contributed by atoms with Gasteiger partial charge >= 0.3 is 0 Å². The summed E-state index contributed by atoms with van der Waals surface area (Å²) in [6, 6.07) is 20.7. The van der Waals surface area contributed by atoms with E-state index in [-0.39, 0.29) is 18.1 Å². The molecular weight excluding hydrogens is 308 g/mol. The van der Waals surface area contributed by atoms with Crippen LogP contribution in [0.3, 0.4) is 0 Å². The second kappa shape index (κ2) is 7.56. The van der Waals surface area contributed by atoms with Gasteiger partial charge in [-0.1, -0.05) is 48.5 Å². The molecule has 3 nitrogen and oxygen atoms in total. The summed E-state index contributed by atoms with van der Waals surface area (Å²) >= 11 is 0. The third kappa shape index (κ3) is 3.76. The fraction of sp³-hybridized carbons (Fsp3) is 0.318. The average molecular weight is 334 g/mol. The summed E-state index contributed by atoms with van der Waals surface area (Å²) in [5.74, 6) is 0.145. The molecule has 0 bridgehead atoms. The van der Waals surface area contributed by atoms with E-state index in [1.807, 2.05) is 48.2 Å². The van der Waals surface area contributed by atoms with E-state index in [0.29, 0.717) is 0 Å². The van der Waals surface area contributed by atoms with Crippen molar-refractivity contribution in [2.45, 2.75) is 45.8 Å². The lowest BCUT2D eigenvalue weighted by molar-refractivity contribution is -0.128. The molecule has 25 heavy (non-hydrogen) atoms. The van der Waals surface area contributed by atoms with Crippen LogP contribution in [-0.2, 0) is 11.2 Å². The van der Waals surface area contributed by atoms with Crippen LogP contribution in [0.25, 0.3) is 0 Å². The highest BCUT2D eigenvalue weighted by atomic mass is 16.2. The third-order valence-corrected chi connectivity index (χ3v) is 5.08. The molecule has 2 aromatic carbocycles. The molecule has 1 aliphatic heterocycles. The number of benzene rings is 2. The monoisotopic (exact) mass is 334 g/mol. The van der Waals surface area contributed by atoms with Gasteiger partial charge in [0.1, 0.15) is 6.17 Å². The van der Waals surface area contributed by atoms with Crippen LogP contribution in [0.4, 0.5) is 5.69 Å². The van der Waals surface area contributed by atoms with E-state index in [0.717, 1.165) is 29.7 Å². The first-order valence-corrected chi connectivity index (χ1v) is 8.93. The van der Waals surface area contributed by atoms with Crippen molar-refractivity contribution in [1.29, 1.82) is 0 Å². The van der Waals surface area contributed by atoms with Crippen LogP contribution >= 0.6 is 0 Å². The van der Waals surface area contributed by atoms with Crippen LogP contribution in [0.15, 0.2) is 71.8 Å². The quantitative estimate of drug-likeness (QED) is 0.836. The molecule has 0 radical (unpaired) electrons. The highest BCUT2D eigenvalue weighted by Crippen LogP contribution is 2.29. The minimum atomic E-state index is -0.0688. The lowest BCUT2D eigenvalue weighted by atomic mass is 10.0. The van der Waals surface area contributed by atoms with E-state index in [1.54, 1.807) is 0 Å². The maximum absolute atomic E-state index is 12.8. The second-order valence-corrected chi connectivity index (χ2v) is 6.81. The molecule has 1 amide bonds. The Hall–Kier alpha value is -2.55. The predicted molar refractivity (Wildman–Crippen MR) is 103 cm³/mol. The first-order chi connectivity index (χ1) is 12.1. The Morgan fingerprint density at radius 1 is 1.00 bits per heavy atom. The molecule has 1 aliphatic rings. The summed E-state index contributed by atoms with van der Waals surface area (Å²) in [6.45, 7) is 6.13. The van der Waals surface area contributed by atoms with Crippen molar-refractivity contribution in [3.63, 3.8) is 0 Å². The number of amides is 1. The van der Waals surface area contributed by atoms with Crippen LogP contribution in [0, 0.1) is 0 Å². The molecule has 1 heterocycles. The van der Waals surface area contributed by atoms with Gasteiger partial charge in [-0.3, -0.25) is 4.79 Å². The van der Waals surface area contributed by atoms with Crippen molar-refractivity contribution in [1.82, 2.24) is 4.90 Å². The van der Waals surface area contributed by atoms with Gasteiger partial charge in [0, 0.05) is 17.3 Å². The maximum Gasteiger partial charge on any atom is 0.251 e. The predicted octanol–water partition coefficient (Wildman–Crippen LogP) is 4.62. The number of aryl methyl sites for hydroxylation is 1. The van der Waals surface area contributed by atoms with Crippen LogP contribution in [0.1, 0.15) is 32.8 Å². The van der Waals surface area contributed by atoms with Crippen molar-refractivity contribution in [2.24, 2.45) is 0 Å². The van der Waals surface area contributed by atoms with Gasteiger partial charge in [-0.25, -0.2) is 0 Å². The third-order valence-electron chi connectivity index (χ3n) is 5.08. The van der Waals surface area contributed by atoms with Crippen LogP contribution in [0.5, 0.6) is 0 Å². The van der Waals surface area contributed by atoms with Gasteiger partial charge in [-0.15, -0.1) is 0 Å². The van der Waals surface area contributed by atoms with Gasteiger partial charge in [-0.2, -0.15) is 0 Å². The number of anilines is 1. The van der Waals surface area contributed by atoms with Gasteiger partial charge in [0.05, 0.1) is 0 Å². The van der Waals surface area contributed by atoms with E-state index in [9.17, 15) is 4.79 Å². The Kier molecular flexibility index (Phi) is 5.22. The molecular formula is C22H26N2O. The van der Waals surface area contributed by atoms with Crippen molar-refractivity contribution in [3.05, 3.63) is 77.4 Å². The van der Waals surface area contributed by atoms with Crippen molar-refractivity contribution < 1.29 is 4.79 Å². The highest BCUT2D eigenvalue weighted by Gasteiger charge is 2.37. The zero-order valence-corrected chi connectivity index (χ0v) is 15.2. The molecule has 0 spiro atoms. The molecule has 2 aromatic rings. The Morgan fingerprint density at radius 3 is 2.24 bits per heavy atom. The number of nitrogens with one attached hydrogen (secondary N) is 1. The smallest absolute Gasteiger partial charge is 0.251 e. The summed E-state index contributed by atoms with van der Waals surface area (Å²) in [5, 5.41) is 3.53. The van der Waals surface area contributed by atoms with Gasteiger partial charge in [0.25, 0.3) is 5.91 Å². The molecule has 3 heteroatoms. The Labute approximate surface area is 150 Å². The van der Waals surface area contributed by atoms with Gasteiger partial charge < -0.3 is 10.2 Å². The molecule has 130 valence electrons. The van der Waals surface area contributed by atoms with Crippen molar-refractivity contribution in [2.75, 3.05) is 5.32 Å². The zero-order chi connectivity index (χ0) is 17.8. The standard InChI is InChI=1S/C22H26N2O/c1-16(14-15-19-10-6-4-7-11-19)24-21(17(2)18(3)22(24)25)23-20-12-8-5-9-13-20/h4-13,16,21,23H,14-15H2,1-3H3/t16-,21+/m0/s1. The number of para-hydroxylation sites is 1. The summed E-state index contributed by atoms with van der Waals surface area (Å²) in [6.07, 6.45) is 1.85. The molecule has 1 N–H and O–H groups in total. The zero-order valence-electron chi connectivity index (χ0n) is 15.2. The second-order valence-electron chi connectivity index (χ2n) is 6.81. The Bertz CT molecular complexity index is 752. The summed E-state index contributed by atoms with van der Waals surface area (Å²) in [5.41, 5.74) is 4.32. The molecule has 0 saturated heterocycles. The number of nitrogens with zero attached hydrogens (tertiary/aromatic N) is 1. The van der Waals surface area contributed by atoms with E-state index < -0.39 is 0 Å². The summed E-state index contributed by atoms with van der Waals surface area (Å²) in [7, 11) is 0. The maximum atomic E-state index is 12.8.